The van der Waals surface area contributed by atoms with Crippen LogP contribution in [0.2, 0.25) is 0 Å². The first-order valence-electron chi connectivity index (χ1n) is 11.8. The number of unbranched alkanes of at least 4 members (excludes halogenated alkanes) is 2. The molecule has 0 radical (unpaired) electrons. The lowest BCUT2D eigenvalue weighted by molar-refractivity contribution is 0.0989. The molecule has 0 heterocycles. The van der Waals surface area contributed by atoms with E-state index in [9.17, 15) is 10.2 Å². The van der Waals surface area contributed by atoms with Gasteiger partial charge in [0.05, 0.1) is 11.7 Å². The van der Waals surface area contributed by atoms with Crippen LogP contribution >= 0.6 is 0 Å². The zero-order valence-electron chi connectivity index (χ0n) is 19.1. The van der Waals surface area contributed by atoms with Crippen LogP contribution in [0.1, 0.15) is 57.4 Å². The summed E-state index contributed by atoms with van der Waals surface area (Å²) in [6.45, 7) is 3.06. The van der Waals surface area contributed by atoms with E-state index < -0.39 is 5.60 Å². The van der Waals surface area contributed by atoms with Crippen molar-refractivity contribution in [1.82, 2.24) is 4.90 Å². The van der Waals surface area contributed by atoms with Gasteiger partial charge in [-0.25, -0.2) is 0 Å². The standard InChI is InChI=1S/C27H41NO2/c1-27(30,15-13-21-10-6-4-7-11-21)16-14-24-25-19-22(18-23(25)20-26(24)29)12-8-5-9-17-28(2)3/h4,6-7,10-11,14,16,18,23-26,29-30H,5,8-9,12-13,15,17,19-20H2,1-3H3/t23-,24+,25-,26+,27-/m0/s1. The van der Waals surface area contributed by atoms with Gasteiger partial charge < -0.3 is 15.1 Å². The maximum absolute atomic E-state index is 10.8. The highest BCUT2D eigenvalue weighted by molar-refractivity contribution is 5.22. The smallest absolute Gasteiger partial charge is 0.0802 e. The Morgan fingerprint density at radius 2 is 1.87 bits per heavy atom. The third-order valence-corrected chi connectivity index (χ3v) is 6.99. The molecule has 1 fully saturated rings. The van der Waals surface area contributed by atoms with Crippen molar-refractivity contribution >= 4 is 0 Å². The number of allylic oxidation sites excluding steroid dienone is 2. The maximum atomic E-state index is 10.8. The maximum Gasteiger partial charge on any atom is 0.0802 e. The number of hydrogen-bond acceptors (Lipinski definition) is 3. The first-order valence-corrected chi connectivity index (χ1v) is 11.8. The Morgan fingerprint density at radius 3 is 2.60 bits per heavy atom. The largest absolute Gasteiger partial charge is 0.392 e. The van der Waals surface area contributed by atoms with Gasteiger partial charge in [-0.3, -0.25) is 0 Å². The minimum atomic E-state index is -0.838. The summed E-state index contributed by atoms with van der Waals surface area (Å²) in [7, 11) is 4.28. The number of hydrogen-bond donors (Lipinski definition) is 2. The molecule has 2 aliphatic carbocycles. The molecule has 0 aliphatic heterocycles. The molecule has 5 atom stereocenters. The Bertz CT molecular complexity index is 707. The summed E-state index contributed by atoms with van der Waals surface area (Å²) in [5.74, 6) is 1.19. The second-order valence-corrected chi connectivity index (χ2v) is 10.1. The van der Waals surface area contributed by atoms with Gasteiger partial charge in [0.1, 0.15) is 0 Å². The van der Waals surface area contributed by atoms with Crippen LogP contribution < -0.4 is 0 Å². The molecule has 30 heavy (non-hydrogen) atoms. The number of fused-ring (bicyclic) bond motifs is 1. The highest BCUT2D eigenvalue weighted by atomic mass is 16.3. The first-order chi connectivity index (χ1) is 14.3. The molecular weight excluding hydrogens is 370 g/mol. The monoisotopic (exact) mass is 411 g/mol. The van der Waals surface area contributed by atoms with Gasteiger partial charge in [0.25, 0.3) is 0 Å². The minimum absolute atomic E-state index is 0.167. The predicted octanol–water partition coefficient (Wildman–Crippen LogP) is 4.99. The lowest BCUT2D eigenvalue weighted by Gasteiger charge is -2.23. The average Bonchev–Trinajstić information content (AvgIpc) is 3.21. The lowest BCUT2D eigenvalue weighted by Crippen LogP contribution is -2.24. The Balaban J connectivity index is 1.47. The van der Waals surface area contributed by atoms with Gasteiger partial charge in [-0.1, -0.05) is 60.6 Å². The summed E-state index contributed by atoms with van der Waals surface area (Å²) >= 11 is 0. The van der Waals surface area contributed by atoms with E-state index in [1.807, 2.05) is 31.2 Å². The number of rotatable bonds is 11. The number of aryl methyl sites for hydroxylation is 1. The third kappa shape index (κ3) is 6.80. The summed E-state index contributed by atoms with van der Waals surface area (Å²) in [5, 5.41) is 21.5. The molecule has 3 heteroatoms. The van der Waals surface area contributed by atoms with Gasteiger partial charge in [0, 0.05) is 5.92 Å². The van der Waals surface area contributed by atoms with Crippen LogP contribution in [-0.4, -0.2) is 47.5 Å². The molecule has 3 rings (SSSR count). The van der Waals surface area contributed by atoms with Crippen LogP contribution in [0.25, 0.3) is 0 Å². The van der Waals surface area contributed by atoms with E-state index in [0.29, 0.717) is 18.3 Å². The van der Waals surface area contributed by atoms with Crippen molar-refractivity contribution in [1.29, 1.82) is 0 Å². The van der Waals surface area contributed by atoms with Crippen molar-refractivity contribution < 1.29 is 10.2 Å². The van der Waals surface area contributed by atoms with Gasteiger partial charge >= 0.3 is 0 Å². The Kier molecular flexibility index (Phi) is 8.33. The van der Waals surface area contributed by atoms with E-state index in [1.165, 1.54) is 37.8 Å². The Hall–Kier alpha value is -1.42. The molecule has 0 bridgehead atoms. The first kappa shape index (κ1) is 23.2. The van der Waals surface area contributed by atoms with Crippen LogP contribution in [0.5, 0.6) is 0 Å². The van der Waals surface area contributed by atoms with Crippen molar-refractivity contribution in [2.24, 2.45) is 17.8 Å². The zero-order chi connectivity index (χ0) is 21.6. The van der Waals surface area contributed by atoms with Crippen molar-refractivity contribution in [2.75, 3.05) is 20.6 Å². The fourth-order valence-corrected chi connectivity index (χ4v) is 5.19. The predicted molar refractivity (Wildman–Crippen MR) is 125 cm³/mol. The second kappa shape index (κ2) is 10.7. The molecule has 2 aliphatic rings. The summed E-state index contributed by atoms with van der Waals surface area (Å²) < 4.78 is 0. The molecule has 1 saturated carbocycles. The number of aliphatic hydroxyl groups excluding tert-OH is 1. The number of benzene rings is 1. The molecule has 166 valence electrons. The van der Waals surface area contributed by atoms with Crippen molar-refractivity contribution in [2.45, 2.75) is 70.0 Å². The van der Waals surface area contributed by atoms with Crippen LogP contribution in [0.3, 0.4) is 0 Å². The molecule has 1 aromatic carbocycles. The minimum Gasteiger partial charge on any atom is -0.392 e. The van der Waals surface area contributed by atoms with E-state index >= 15 is 0 Å². The molecule has 1 aromatic rings. The van der Waals surface area contributed by atoms with Crippen LogP contribution in [0, 0.1) is 17.8 Å². The highest BCUT2D eigenvalue weighted by Crippen LogP contribution is 2.48. The average molecular weight is 412 g/mol. The lowest BCUT2D eigenvalue weighted by atomic mass is 9.87. The van der Waals surface area contributed by atoms with E-state index in [4.69, 9.17) is 0 Å². The molecule has 0 spiro atoms. The number of aliphatic hydroxyl groups is 2. The van der Waals surface area contributed by atoms with Crippen molar-refractivity contribution in [3.8, 4) is 0 Å². The Labute approximate surface area is 183 Å². The van der Waals surface area contributed by atoms with Gasteiger partial charge in [-0.2, -0.15) is 0 Å². The summed E-state index contributed by atoms with van der Waals surface area (Å²) in [6, 6.07) is 10.3. The topological polar surface area (TPSA) is 43.7 Å². The highest BCUT2D eigenvalue weighted by Gasteiger charge is 2.43. The van der Waals surface area contributed by atoms with E-state index in [2.05, 4.69) is 43.3 Å². The van der Waals surface area contributed by atoms with Gasteiger partial charge in [-0.05, 0) is 89.9 Å². The molecule has 0 saturated heterocycles. The van der Waals surface area contributed by atoms with Gasteiger partial charge in [0.2, 0.25) is 0 Å². The quantitative estimate of drug-likeness (QED) is 0.398. The fraction of sp³-hybridized carbons (Fsp3) is 0.630. The summed E-state index contributed by atoms with van der Waals surface area (Å²) in [5.41, 5.74) is 2.01. The molecule has 0 amide bonds. The summed E-state index contributed by atoms with van der Waals surface area (Å²) in [4.78, 5) is 2.26. The fourth-order valence-electron chi connectivity index (χ4n) is 5.19. The molecule has 0 aromatic heterocycles. The SMILES string of the molecule is CN(C)CCCCCC1=C[C@H]2C[C@@H](O)[C@H](C=C[C@@](C)(O)CCc3ccccc3)[C@H]2C1. The van der Waals surface area contributed by atoms with Crippen LogP contribution in [-0.2, 0) is 6.42 Å². The number of nitrogens with zero attached hydrogens (tertiary/aromatic N) is 1. The van der Waals surface area contributed by atoms with Crippen molar-refractivity contribution in [3.05, 3.63) is 59.7 Å². The molecular formula is C27H41NO2. The van der Waals surface area contributed by atoms with E-state index in [1.54, 1.807) is 5.57 Å². The molecule has 3 nitrogen and oxygen atoms in total. The summed E-state index contributed by atoms with van der Waals surface area (Å²) in [6.07, 6.45) is 14.8. The molecule has 2 N–H and O–H groups in total. The van der Waals surface area contributed by atoms with Gasteiger partial charge in [0.15, 0.2) is 0 Å². The van der Waals surface area contributed by atoms with E-state index in [-0.39, 0.29) is 12.0 Å². The zero-order valence-corrected chi connectivity index (χ0v) is 19.1. The normalized spacial score (nSPS) is 28.1. The van der Waals surface area contributed by atoms with E-state index in [0.717, 1.165) is 19.3 Å². The third-order valence-electron chi connectivity index (χ3n) is 6.99. The van der Waals surface area contributed by atoms with Crippen LogP contribution in [0.4, 0.5) is 0 Å². The van der Waals surface area contributed by atoms with Gasteiger partial charge in [-0.15, -0.1) is 0 Å². The molecule has 0 unspecified atom stereocenters. The Morgan fingerprint density at radius 1 is 1.10 bits per heavy atom. The van der Waals surface area contributed by atoms with Crippen LogP contribution in [0.15, 0.2) is 54.1 Å². The second-order valence-electron chi connectivity index (χ2n) is 10.1. The van der Waals surface area contributed by atoms with Crippen molar-refractivity contribution in [3.63, 3.8) is 0 Å².